The molecule has 0 saturated carbocycles. The van der Waals surface area contributed by atoms with Gasteiger partial charge in [-0.2, -0.15) is 0 Å². The second-order valence-electron chi connectivity index (χ2n) is 4.38. The monoisotopic (exact) mass is 226 g/mol. The van der Waals surface area contributed by atoms with Gasteiger partial charge in [-0.3, -0.25) is 0 Å². The van der Waals surface area contributed by atoms with Gasteiger partial charge in [-0.25, -0.2) is 0 Å². The van der Waals surface area contributed by atoms with Crippen LogP contribution in [0.3, 0.4) is 0 Å². The van der Waals surface area contributed by atoms with E-state index in [1.807, 2.05) is 11.9 Å². The van der Waals surface area contributed by atoms with Crippen molar-refractivity contribution in [2.75, 3.05) is 11.9 Å². The lowest BCUT2D eigenvalue weighted by molar-refractivity contribution is 0.441. The number of anilines is 1. The Balaban J connectivity index is 2.57. The van der Waals surface area contributed by atoms with Crippen molar-refractivity contribution in [1.29, 1.82) is 0 Å². The lowest BCUT2D eigenvalue weighted by Gasteiger charge is -2.20. The molecular formula is C11H22N4O. The van der Waals surface area contributed by atoms with Crippen LogP contribution in [0.5, 0.6) is 0 Å². The summed E-state index contributed by atoms with van der Waals surface area (Å²) in [5.74, 6) is 0.638. The van der Waals surface area contributed by atoms with Crippen LogP contribution in [0.25, 0.3) is 0 Å². The maximum Gasteiger partial charge on any atom is 0.318 e. The average molecular weight is 226 g/mol. The highest BCUT2D eigenvalue weighted by molar-refractivity contribution is 5.23. The van der Waals surface area contributed by atoms with Crippen LogP contribution in [0.1, 0.15) is 40.0 Å². The van der Waals surface area contributed by atoms with Gasteiger partial charge in [0.25, 0.3) is 0 Å². The van der Waals surface area contributed by atoms with Gasteiger partial charge >= 0.3 is 6.01 Å². The molecule has 16 heavy (non-hydrogen) atoms. The summed E-state index contributed by atoms with van der Waals surface area (Å²) in [7, 11) is 1.97. The molecule has 1 heterocycles. The van der Waals surface area contributed by atoms with E-state index in [4.69, 9.17) is 4.42 Å². The molecular weight excluding hydrogens is 204 g/mol. The largest absolute Gasteiger partial charge is 0.407 e. The van der Waals surface area contributed by atoms with Crippen molar-refractivity contribution in [3.8, 4) is 0 Å². The highest BCUT2D eigenvalue weighted by atomic mass is 16.4. The molecule has 0 amide bonds. The maximum absolute atomic E-state index is 5.56. The molecule has 1 N–H and O–H groups in total. The quantitative estimate of drug-likeness (QED) is 0.801. The molecule has 1 aromatic heterocycles. The van der Waals surface area contributed by atoms with Crippen LogP contribution in [0.15, 0.2) is 4.42 Å². The summed E-state index contributed by atoms with van der Waals surface area (Å²) in [5, 5.41) is 11.3. The Bertz CT molecular complexity index is 311. The van der Waals surface area contributed by atoms with E-state index in [0.29, 0.717) is 30.5 Å². The number of aromatic nitrogens is 2. The molecule has 1 atom stereocenters. The first-order valence-electron chi connectivity index (χ1n) is 5.83. The SMILES string of the molecule is CCC(C)N(C)c1nnc(CNC(C)C)o1. The lowest BCUT2D eigenvalue weighted by Crippen LogP contribution is -2.28. The van der Waals surface area contributed by atoms with Gasteiger partial charge in [0.05, 0.1) is 6.54 Å². The van der Waals surface area contributed by atoms with Crippen LogP contribution in [-0.4, -0.2) is 29.3 Å². The molecule has 0 aliphatic heterocycles. The van der Waals surface area contributed by atoms with Crippen LogP contribution in [0.4, 0.5) is 6.01 Å². The van der Waals surface area contributed by atoms with E-state index in [2.05, 4.69) is 43.2 Å². The predicted molar refractivity (Wildman–Crippen MR) is 64.4 cm³/mol. The molecule has 1 rings (SSSR count). The summed E-state index contributed by atoms with van der Waals surface area (Å²) in [6, 6.07) is 1.42. The Morgan fingerprint density at radius 2 is 2.00 bits per heavy atom. The normalized spacial score (nSPS) is 13.1. The third-order valence-corrected chi connectivity index (χ3v) is 2.67. The molecule has 1 unspecified atom stereocenters. The molecule has 5 nitrogen and oxygen atoms in total. The molecule has 0 spiro atoms. The molecule has 0 saturated heterocycles. The summed E-state index contributed by atoms with van der Waals surface area (Å²) in [4.78, 5) is 2.01. The number of nitrogens with zero attached hydrogens (tertiary/aromatic N) is 3. The fourth-order valence-electron chi connectivity index (χ4n) is 1.21. The van der Waals surface area contributed by atoms with Crippen molar-refractivity contribution in [2.24, 2.45) is 0 Å². The Kier molecular flexibility index (Phi) is 4.73. The van der Waals surface area contributed by atoms with Crippen LogP contribution in [-0.2, 0) is 6.54 Å². The molecule has 0 bridgehead atoms. The zero-order valence-corrected chi connectivity index (χ0v) is 10.8. The third-order valence-electron chi connectivity index (χ3n) is 2.67. The number of hydrogen-bond donors (Lipinski definition) is 1. The molecule has 0 fully saturated rings. The molecule has 0 radical (unpaired) electrons. The summed E-state index contributed by atoms with van der Waals surface area (Å²) < 4.78 is 5.56. The zero-order valence-electron chi connectivity index (χ0n) is 10.8. The Labute approximate surface area is 97.2 Å². The molecule has 0 aromatic carbocycles. The average Bonchev–Trinajstić information content (AvgIpc) is 2.72. The Morgan fingerprint density at radius 3 is 2.56 bits per heavy atom. The number of nitrogens with one attached hydrogen (secondary N) is 1. The standard InChI is InChI=1S/C11H22N4O/c1-6-9(4)15(5)11-14-13-10(16-11)7-12-8(2)3/h8-9,12H,6-7H2,1-5H3. The van der Waals surface area contributed by atoms with Crippen LogP contribution in [0, 0.1) is 0 Å². The third kappa shape index (κ3) is 3.48. The summed E-state index contributed by atoms with van der Waals surface area (Å²) >= 11 is 0. The molecule has 1 aromatic rings. The first-order valence-corrected chi connectivity index (χ1v) is 5.83. The minimum atomic E-state index is 0.409. The smallest absolute Gasteiger partial charge is 0.318 e. The van der Waals surface area contributed by atoms with E-state index in [1.54, 1.807) is 0 Å². The van der Waals surface area contributed by atoms with Crippen LogP contribution in [0.2, 0.25) is 0 Å². The molecule has 5 heteroatoms. The van der Waals surface area contributed by atoms with Gasteiger partial charge in [0.2, 0.25) is 5.89 Å². The van der Waals surface area contributed by atoms with E-state index in [9.17, 15) is 0 Å². The minimum Gasteiger partial charge on any atom is -0.407 e. The zero-order chi connectivity index (χ0) is 12.1. The van der Waals surface area contributed by atoms with Crippen molar-refractivity contribution < 1.29 is 4.42 Å². The van der Waals surface area contributed by atoms with E-state index in [1.165, 1.54) is 0 Å². The minimum absolute atomic E-state index is 0.409. The van der Waals surface area contributed by atoms with Crippen molar-refractivity contribution in [2.45, 2.75) is 52.7 Å². The van der Waals surface area contributed by atoms with E-state index < -0.39 is 0 Å². The predicted octanol–water partition coefficient (Wildman–Crippen LogP) is 1.80. The molecule has 0 aliphatic rings. The van der Waals surface area contributed by atoms with Gasteiger partial charge in [-0.05, 0) is 13.3 Å². The molecule has 0 aliphatic carbocycles. The van der Waals surface area contributed by atoms with Crippen molar-refractivity contribution in [3.05, 3.63) is 5.89 Å². The second kappa shape index (κ2) is 5.84. The van der Waals surface area contributed by atoms with Crippen molar-refractivity contribution in [3.63, 3.8) is 0 Å². The topological polar surface area (TPSA) is 54.2 Å². The van der Waals surface area contributed by atoms with Gasteiger partial charge in [0, 0.05) is 19.1 Å². The van der Waals surface area contributed by atoms with E-state index in [-0.39, 0.29) is 0 Å². The first-order chi connectivity index (χ1) is 7.54. The number of rotatable bonds is 6. The van der Waals surface area contributed by atoms with Crippen LogP contribution >= 0.6 is 0 Å². The van der Waals surface area contributed by atoms with Gasteiger partial charge in [-0.15, -0.1) is 5.10 Å². The van der Waals surface area contributed by atoms with E-state index in [0.717, 1.165) is 6.42 Å². The lowest BCUT2D eigenvalue weighted by atomic mass is 10.2. The first kappa shape index (κ1) is 13.0. The summed E-state index contributed by atoms with van der Waals surface area (Å²) in [6.07, 6.45) is 1.05. The highest BCUT2D eigenvalue weighted by Crippen LogP contribution is 2.14. The van der Waals surface area contributed by atoms with Gasteiger partial charge in [0.15, 0.2) is 0 Å². The maximum atomic E-state index is 5.56. The van der Waals surface area contributed by atoms with Gasteiger partial charge in [-0.1, -0.05) is 25.9 Å². The summed E-state index contributed by atoms with van der Waals surface area (Å²) in [5.41, 5.74) is 0. The van der Waals surface area contributed by atoms with Crippen molar-refractivity contribution >= 4 is 6.01 Å². The Hall–Kier alpha value is -1.10. The van der Waals surface area contributed by atoms with Gasteiger partial charge in [0.1, 0.15) is 0 Å². The van der Waals surface area contributed by atoms with E-state index >= 15 is 0 Å². The number of hydrogen-bond acceptors (Lipinski definition) is 5. The van der Waals surface area contributed by atoms with Gasteiger partial charge < -0.3 is 14.6 Å². The van der Waals surface area contributed by atoms with Crippen LogP contribution < -0.4 is 10.2 Å². The van der Waals surface area contributed by atoms with Crippen molar-refractivity contribution in [1.82, 2.24) is 15.5 Å². The Morgan fingerprint density at radius 1 is 1.31 bits per heavy atom. The fraction of sp³-hybridized carbons (Fsp3) is 0.818. The fourth-order valence-corrected chi connectivity index (χ4v) is 1.21. The molecule has 92 valence electrons. The second-order valence-corrected chi connectivity index (χ2v) is 4.38. The highest BCUT2D eigenvalue weighted by Gasteiger charge is 2.14. The summed E-state index contributed by atoms with van der Waals surface area (Å²) in [6.45, 7) is 9.07.